The fraction of sp³-hybridized carbons (Fsp3) is 0.333. The summed E-state index contributed by atoms with van der Waals surface area (Å²) < 4.78 is 8.65. The van der Waals surface area contributed by atoms with E-state index in [9.17, 15) is 4.79 Å². The highest BCUT2D eigenvalue weighted by molar-refractivity contribution is 7.23. The fourth-order valence-corrected chi connectivity index (χ4v) is 3.67. The van der Waals surface area contributed by atoms with Gasteiger partial charge in [-0.05, 0) is 25.0 Å². The van der Waals surface area contributed by atoms with Crippen LogP contribution >= 0.6 is 11.3 Å². The molecule has 3 aromatic rings. The molecule has 5 nitrogen and oxygen atoms in total. The molecule has 3 heterocycles. The lowest BCUT2D eigenvalue weighted by Gasteiger charge is -2.09. The summed E-state index contributed by atoms with van der Waals surface area (Å²) in [7, 11) is 0. The summed E-state index contributed by atoms with van der Waals surface area (Å²) >= 11 is 1.59. The Labute approximate surface area is 125 Å². The SMILES string of the molecule is O=C(NCC1CCCO1)c1cn2c(n1)sc1ccccc12. The minimum absolute atomic E-state index is 0.134. The summed E-state index contributed by atoms with van der Waals surface area (Å²) in [6.45, 7) is 1.36. The van der Waals surface area contributed by atoms with E-state index in [1.807, 2.05) is 22.6 Å². The van der Waals surface area contributed by atoms with Crippen LogP contribution in [0, 0.1) is 0 Å². The largest absolute Gasteiger partial charge is 0.376 e. The van der Waals surface area contributed by atoms with Crippen LogP contribution in [0.3, 0.4) is 0 Å². The molecule has 1 unspecified atom stereocenters. The van der Waals surface area contributed by atoms with Gasteiger partial charge in [0.15, 0.2) is 4.96 Å². The molecule has 1 aliphatic rings. The number of hydrogen-bond donors (Lipinski definition) is 1. The zero-order valence-electron chi connectivity index (χ0n) is 11.4. The Bertz CT molecular complexity index is 802. The number of thiazole rings is 1. The maximum absolute atomic E-state index is 12.2. The van der Waals surface area contributed by atoms with Crippen molar-refractivity contribution < 1.29 is 9.53 Å². The predicted molar refractivity (Wildman–Crippen MR) is 81.9 cm³/mol. The van der Waals surface area contributed by atoms with Gasteiger partial charge in [0, 0.05) is 19.3 Å². The third kappa shape index (κ3) is 2.30. The molecule has 0 bridgehead atoms. The van der Waals surface area contributed by atoms with Crippen molar-refractivity contribution in [2.45, 2.75) is 18.9 Å². The van der Waals surface area contributed by atoms with E-state index in [1.54, 1.807) is 17.5 Å². The first-order valence-corrected chi connectivity index (χ1v) is 7.89. The molecule has 0 saturated carbocycles. The molecule has 21 heavy (non-hydrogen) atoms. The van der Waals surface area contributed by atoms with Gasteiger partial charge in [0.1, 0.15) is 5.69 Å². The number of nitrogens with one attached hydrogen (secondary N) is 1. The van der Waals surface area contributed by atoms with Gasteiger partial charge in [-0.25, -0.2) is 4.98 Å². The van der Waals surface area contributed by atoms with Gasteiger partial charge in [0.25, 0.3) is 5.91 Å². The van der Waals surface area contributed by atoms with Crippen molar-refractivity contribution in [3.63, 3.8) is 0 Å². The molecule has 1 N–H and O–H groups in total. The number of aromatic nitrogens is 2. The zero-order chi connectivity index (χ0) is 14.2. The van der Waals surface area contributed by atoms with Crippen molar-refractivity contribution >= 4 is 32.4 Å². The fourth-order valence-electron chi connectivity index (χ4n) is 2.66. The highest BCUT2D eigenvalue weighted by Gasteiger charge is 2.18. The number of carbonyl (C=O) groups excluding carboxylic acids is 1. The Balaban J connectivity index is 1.56. The van der Waals surface area contributed by atoms with Crippen LogP contribution < -0.4 is 5.32 Å². The van der Waals surface area contributed by atoms with E-state index in [4.69, 9.17) is 4.74 Å². The second kappa shape index (κ2) is 5.13. The lowest BCUT2D eigenvalue weighted by molar-refractivity contribution is 0.0854. The zero-order valence-corrected chi connectivity index (χ0v) is 12.2. The van der Waals surface area contributed by atoms with Crippen molar-refractivity contribution in [3.8, 4) is 0 Å². The van der Waals surface area contributed by atoms with Gasteiger partial charge in [0.05, 0.1) is 16.3 Å². The molecule has 6 heteroatoms. The molecule has 1 fully saturated rings. The third-order valence-corrected chi connectivity index (χ3v) is 4.78. The van der Waals surface area contributed by atoms with Crippen LogP contribution in [0.2, 0.25) is 0 Å². The van der Waals surface area contributed by atoms with E-state index in [-0.39, 0.29) is 12.0 Å². The molecule has 0 radical (unpaired) electrons. The third-order valence-electron chi connectivity index (χ3n) is 3.75. The smallest absolute Gasteiger partial charge is 0.271 e. The first-order chi connectivity index (χ1) is 10.3. The monoisotopic (exact) mass is 301 g/mol. The lowest BCUT2D eigenvalue weighted by Crippen LogP contribution is -2.31. The number of amides is 1. The van der Waals surface area contributed by atoms with E-state index in [2.05, 4.69) is 16.4 Å². The van der Waals surface area contributed by atoms with Crippen molar-refractivity contribution in [1.29, 1.82) is 0 Å². The van der Waals surface area contributed by atoms with Crippen LogP contribution in [-0.2, 0) is 4.74 Å². The average Bonchev–Trinajstić information content (AvgIpc) is 3.20. The second-order valence-electron chi connectivity index (χ2n) is 5.19. The molecule has 1 amide bonds. The number of nitrogens with zero attached hydrogens (tertiary/aromatic N) is 2. The summed E-state index contributed by atoms with van der Waals surface area (Å²) in [6, 6.07) is 8.10. The van der Waals surface area contributed by atoms with Crippen molar-refractivity contribution in [2.75, 3.05) is 13.2 Å². The molecular formula is C15H15N3O2S. The van der Waals surface area contributed by atoms with Crippen molar-refractivity contribution in [3.05, 3.63) is 36.2 Å². The highest BCUT2D eigenvalue weighted by atomic mass is 32.1. The van der Waals surface area contributed by atoms with Gasteiger partial charge < -0.3 is 10.1 Å². The second-order valence-corrected chi connectivity index (χ2v) is 6.20. The summed E-state index contributed by atoms with van der Waals surface area (Å²) in [4.78, 5) is 17.4. The molecule has 1 aromatic carbocycles. The molecule has 0 aliphatic carbocycles. The summed E-state index contributed by atoms with van der Waals surface area (Å²) in [5.41, 5.74) is 1.55. The number of hydrogen-bond acceptors (Lipinski definition) is 4. The number of para-hydroxylation sites is 1. The van der Waals surface area contributed by atoms with Gasteiger partial charge in [-0.1, -0.05) is 23.5 Å². The van der Waals surface area contributed by atoms with E-state index in [0.29, 0.717) is 12.2 Å². The minimum Gasteiger partial charge on any atom is -0.376 e. The number of fused-ring (bicyclic) bond motifs is 3. The van der Waals surface area contributed by atoms with Crippen molar-refractivity contribution in [1.82, 2.24) is 14.7 Å². The quantitative estimate of drug-likeness (QED) is 0.808. The van der Waals surface area contributed by atoms with Crippen LogP contribution in [-0.4, -0.2) is 34.5 Å². The van der Waals surface area contributed by atoms with Gasteiger partial charge in [-0.15, -0.1) is 0 Å². The standard InChI is InChI=1S/C15H15N3O2S/c19-14(16-8-10-4-3-7-20-10)11-9-18-12-5-1-2-6-13(12)21-15(18)17-11/h1-2,5-6,9-10H,3-4,7-8H2,(H,16,19). The summed E-state index contributed by atoms with van der Waals surface area (Å²) in [6.07, 6.45) is 4.05. The molecule has 1 atom stereocenters. The van der Waals surface area contributed by atoms with E-state index in [0.717, 1.165) is 29.9 Å². The summed E-state index contributed by atoms with van der Waals surface area (Å²) in [5.74, 6) is -0.134. The molecule has 108 valence electrons. The summed E-state index contributed by atoms with van der Waals surface area (Å²) in [5, 5.41) is 2.90. The Hall–Kier alpha value is -1.92. The molecule has 2 aromatic heterocycles. The molecule has 1 aliphatic heterocycles. The average molecular weight is 301 g/mol. The van der Waals surface area contributed by atoms with Gasteiger partial charge in [0.2, 0.25) is 0 Å². The number of rotatable bonds is 3. The Morgan fingerprint density at radius 1 is 1.48 bits per heavy atom. The van der Waals surface area contributed by atoms with Crippen LogP contribution in [0.15, 0.2) is 30.5 Å². The van der Waals surface area contributed by atoms with Crippen LogP contribution in [0.25, 0.3) is 15.2 Å². The van der Waals surface area contributed by atoms with E-state index in [1.165, 1.54) is 4.70 Å². The lowest BCUT2D eigenvalue weighted by atomic mass is 10.2. The molecular weight excluding hydrogens is 286 g/mol. The minimum atomic E-state index is -0.134. The van der Waals surface area contributed by atoms with Crippen LogP contribution in [0.1, 0.15) is 23.3 Å². The van der Waals surface area contributed by atoms with Gasteiger partial charge >= 0.3 is 0 Å². The molecule has 4 rings (SSSR count). The number of benzene rings is 1. The number of carbonyl (C=O) groups is 1. The van der Waals surface area contributed by atoms with Crippen LogP contribution in [0.5, 0.6) is 0 Å². The van der Waals surface area contributed by atoms with Crippen molar-refractivity contribution in [2.24, 2.45) is 0 Å². The normalized spacial score (nSPS) is 18.6. The van der Waals surface area contributed by atoms with Gasteiger partial charge in [-0.2, -0.15) is 0 Å². The first kappa shape index (κ1) is 12.8. The van der Waals surface area contributed by atoms with E-state index < -0.39 is 0 Å². The Morgan fingerprint density at radius 2 is 2.38 bits per heavy atom. The maximum atomic E-state index is 12.2. The number of imidazole rings is 1. The first-order valence-electron chi connectivity index (χ1n) is 7.08. The maximum Gasteiger partial charge on any atom is 0.271 e. The molecule has 1 saturated heterocycles. The topological polar surface area (TPSA) is 55.6 Å². The Kier molecular flexibility index (Phi) is 3.12. The molecule has 0 spiro atoms. The number of ether oxygens (including phenoxy) is 1. The Morgan fingerprint density at radius 3 is 3.24 bits per heavy atom. The van der Waals surface area contributed by atoms with Gasteiger partial charge in [-0.3, -0.25) is 9.20 Å². The predicted octanol–water partition coefficient (Wildman–Crippen LogP) is 2.46. The highest BCUT2D eigenvalue weighted by Crippen LogP contribution is 2.25. The van der Waals surface area contributed by atoms with Crippen LogP contribution in [0.4, 0.5) is 0 Å². The van der Waals surface area contributed by atoms with E-state index >= 15 is 0 Å².